The predicted octanol–water partition coefficient (Wildman–Crippen LogP) is 5.82. The van der Waals surface area contributed by atoms with Crippen LogP contribution in [0.5, 0.6) is 11.5 Å². The zero-order valence-electron chi connectivity index (χ0n) is 20.6. The normalized spacial score (nSPS) is 14.8. The molecule has 0 aliphatic carbocycles. The number of amides is 1. The number of benzene rings is 2. The summed E-state index contributed by atoms with van der Waals surface area (Å²) in [7, 11) is 1.58. The van der Waals surface area contributed by atoms with Crippen LogP contribution in [0.2, 0.25) is 0 Å². The molecule has 0 unspecified atom stereocenters. The molecule has 36 heavy (non-hydrogen) atoms. The number of anilines is 1. The van der Waals surface area contributed by atoms with Crippen LogP contribution in [0.25, 0.3) is 11.0 Å². The molecule has 2 aromatic heterocycles. The SMILES string of the molecule is CCCCCOc1ccc([C@H]2c3c(oc4ccccc4c3=O)C(=O)N2c2ccc(C)cn2)cc1OC. The van der Waals surface area contributed by atoms with Crippen molar-refractivity contribution < 1.29 is 18.7 Å². The molecule has 5 rings (SSSR count). The summed E-state index contributed by atoms with van der Waals surface area (Å²) < 4.78 is 17.6. The van der Waals surface area contributed by atoms with Gasteiger partial charge in [-0.2, -0.15) is 0 Å². The van der Waals surface area contributed by atoms with Crippen LogP contribution in [0, 0.1) is 6.92 Å². The lowest BCUT2D eigenvalue weighted by molar-refractivity contribution is 0.0970. The minimum absolute atomic E-state index is 0.0323. The Morgan fingerprint density at radius 2 is 1.86 bits per heavy atom. The van der Waals surface area contributed by atoms with Crippen LogP contribution in [-0.4, -0.2) is 24.6 Å². The van der Waals surface area contributed by atoms with Gasteiger partial charge in [0.05, 0.1) is 30.7 Å². The average molecular weight is 485 g/mol. The van der Waals surface area contributed by atoms with Crippen molar-refractivity contribution in [2.75, 3.05) is 18.6 Å². The largest absolute Gasteiger partial charge is 0.493 e. The van der Waals surface area contributed by atoms with E-state index in [1.54, 1.807) is 43.6 Å². The Morgan fingerprint density at radius 3 is 2.61 bits per heavy atom. The number of pyridine rings is 1. The average Bonchev–Trinajstić information content (AvgIpc) is 3.19. The second-order valence-corrected chi connectivity index (χ2v) is 8.91. The summed E-state index contributed by atoms with van der Waals surface area (Å²) in [5.74, 6) is 1.21. The summed E-state index contributed by atoms with van der Waals surface area (Å²) in [4.78, 5) is 33.4. The Labute approximate surface area is 209 Å². The van der Waals surface area contributed by atoms with Crippen LogP contribution in [0.15, 0.2) is 70.0 Å². The topological polar surface area (TPSA) is 81.9 Å². The van der Waals surface area contributed by atoms with Gasteiger partial charge in [-0.05, 0) is 54.8 Å². The fourth-order valence-electron chi connectivity index (χ4n) is 4.58. The van der Waals surface area contributed by atoms with E-state index >= 15 is 0 Å². The van der Waals surface area contributed by atoms with Gasteiger partial charge >= 0.3 is 0 Å². The minimum atomic E-state index is -0.730. The van der Waals surface area contributed by atoms with Crippen LogP contribution in [-0.2, 0) is 0 Å². The third-order valence-electron chi connectivity index (χ3n) is 6.43. The highest BCUT2D eigenvalue weighted by molar-refractivity contribution is 6.10. The Kier molecular flexibility index (Phi) is 6.46. The Bertz CT molecular complexity index is 1480. The summed E-state index contributed by atoms with van der Waals surface area (Å²) in [6.45, 7) is 4.66. The van der Waals surface area contributed by atoms with Crippen LogP contribution in [0.4, 0.5) is 5.82 Å². The van der Waals surface area contributed by atoms with Gasteiger partial charge in [-0.25, -0.2) is 4.98 Å². The molecule has 0 saturated carbocycles. The van der Waals surface area contributed by atoms with Crippen molar-refractivity contribution >= 4 is 22.7 Å². The number of nitrogens with zero attached hydrogens (tertiary/aromatic N) is 2. The van der Waals surface area contributed by atoms with Crippen molar-refractivity contribution in [3.05, 3.63) is 93.5 Å². The molecule has 3 heterocycles. The predicted molar refractivity (Wildman–Crippen MR) is 138 cm³/mol. The number of fused-ring (bicyclic) bond motifs is 2. The third kappa shape index (κ3) is 4.11. The summed E-state index contributed by atoms with van der Waals surface area (Å²) in [5.41, 5.74) is 2.09. The lowest BCUT2D eigenvalue weighted by atomic mass is 9.98. The third-order valence-corrected chi connectivity index (χ3v) is 6.43. The van der Waals surface area contributed by atoms with Crippen molar-refractivity contribution in [2.45, 2.75) is 39.2 Å². The zero-order valence-corrected chi connectivity index (χ0v) is 20.6. The van der Waals surface area contributed by atoms with Crippen molar-refractivity contribution in [3.63, 3.8) is 0 Å². The van der Waals surface area contributed by atoms with Gasteiger partial charge in [0.1, 0.15) is 11.4 Å². The number of aromatic nitrogens is 1. The number of aryl methyl sites for hydroxylation is 1. The summed E-state index contributed by atoms with van der Waals surface area (Å²) in [6.07, 6.45) is 4.84. The molecule has 0 bridgehead atoms. The first-order valence-corrected chi connectivity index (χ1v) is 12.2. The highest BCUT2D eigenvalue weighted by Gasteiger charge is 2.44. The monoisotopic (exact) mass is 484 g/mol. The Balaban J connectivity index is 1.66. The van der Waals surface area contributed by atoms with Crippen LogP contribution < -0.4 is 19.8 Å². The number of hydrogen-bond acceptors (Lipinski definition) is 6. The van der Waals surface area contributed by atoms with Crippen LogP contribution in [0.3, 0.4) is 0 Å². The zero-order chi connectivity index (χ0) is 25.2. The first-order chi connectivity index (χ1) is 17.5. The summed E-state index contributed by atoms with van der Waals surface area (Å²) in [5, 5.41) is 0.426. The van der Waals surface area contributed by atoms with Gasteiger partial charge in [0.15, 0.2) is 16.9 Å². The summed E-state index contributed by atoms with van der Waals surface area (Å²) >= 11 is 0. The van der Waals surface area contributed by atoms with Crippen molar-refractivity contribution in [1.82, 2.24) is 4.98 Å². The molecule has 0 N–H and O–H groups in total. The fraction of sp³-hybridized carbons (Fsp3) is 0.276. The molecule has 0 spiro atoms. The molecular weight excluding hydrogens is 456 g/mol. The van der Waals surface area contributed by atoms with Crippen molar-refractivity contribution in [3.8, 4) is 11.5 Å². The Morgan fingerprint density at radius 1 is 1.03 bits per heavy atom. The van der Waals surface area contributed by atoms with Crippen molar-refractivity contribution in [1.29, 1.82) is 0 Å². The van der Waals surface area contributed by atoms with Gasteiger partial charge < -0.3 is 13.9 Å². The number of carbonyl (C=O) groups is 1. The maximum absolute atomic E-state index is 13.7. The van der Waals surface area contributed by atoms with Crippen LogP contribution in [0.1, 0.15) is 59.5 Å². The second kappa shape index (κ2) is 9.85. The smallest absolute Gasteiger partial charge is 0.296 e. The van der Waals surface area contributed by atoms with Gasteiger partial charge in [0.2, 0.25) is 5.76 Å². The number of unbranched alkanes of at least 4 members (excludes halogenated alkanes) is 2. The van der Waals surface area contributed by atoms with E-state index < -0.39 is 11.9 Å². The molecule has 7 nitrogen and oxygen atoms in total. The molecule has 1 amide bonds. The van der Waals surface area contributed by atoms with E-state index in [1.165, 1.54) is 4.90 Å². The quantitative estimate of drug-likeness (QED) is 0.293. The van der Waals surface area contributed by atoms with E-state index in [-0.39, 0.29) is 11.2 Å². The van der Waals surface area contributed by atoms with Gasteiger partial charge in [0, 0.05) is 6.20 Å². The van der Waals surface area contributed by atoms with Gasteiger partial charge in [-0.15, -0.1) is 0 Å². The van der Waals surface area contributed by atoms with Crippen LogP contribution >= 0.6 is 0 Å². The number of para-hydroxylation sites is 1. The number of hydrogen-bond donors (Lipinski definition) is 0. The molecular formula is C29H28N2O5. The standard InChI is InChI=1S/C29H28N2O5/c1-4-5-8-15-35-22-13-12-19(16-23(22)34-3)26-25-27(32)20-9-6-7-10-21(20)36-28(25)29(33)31(26)24-14-11-18(2)17-30-24/h6-7,9-14,16-17,26H,4-5,8,15H2,1-3H3/t26-/m0/s1. The first-order valence-electron chi connectivity index (χ1n) is 12.2. The Hall–Kier alpha value is -4.13. The van der Waals surface area contributed by atoms with Crippen molar-refractivity contribution in [2.24, 2.45) is 0 Å². The molecule has 1 aliphatic heterocycles. The molecule has 7 heteroatoms. The molecule has 184 valence electrons. The molecule has 1 aliphatic rings. The highest BCUT2D eigenvalue weighted by Crippen LogP contribution is 2.42. The lowest BCUT2D eigenvalue weighted by Crippen LogP contribution is -2.30. The maximum atomic E-state index is 13.7. The molecule has 0 fully saturated rings. The highest BCUT2D eigenvalue weighted by atomic mass is 16.5. The summed E-state index contributed by atoms with van der Waals surface area (Å²) in [6, 6.07) is 15.4. The maximum Gasteiger partial charge on any atom is 0.296 e. The van der Waals surface area contributed by atoms with Gasteiger partial charge in [-0.1, -0.05) is 44.0 Å². The molecule has 0 saturated heterocycles. The molecule has 4 aromatic rings. The van der Waals surface area contributed by atoms with Gasteiger partial charge in [-0.3, -0.25) is 14.5 Å². The lowest BCUT2D eigenvalue weighted by Gasteiger charge is -2.25. The number of rotatable bonds is 8. The molecule has 1 atom stereocenters. The van der Waals surface area contributed by atoms with E-state index in [1.807, 2.05) is 31.2 Å². The fourth-order valence-corrected chi connectivity index (χ4v) is 4.58. The number of carbonyl (C=O) groups excluding carboxylic acids is 1. The molecule has 2 aromatic carbocycles. The van der Waals surface area contributed by atoms with E-state index in [4.69, 9.17) is 13.9 Å². The van der Waals surface area contributed by atoms with E-state index in [0.717, 1.165) is 24.8 Å². The number of methoxy groups -OCH3 is 1. The minimum Gasteiger partial charge on any atom is -0.493 e. The second-order valence-electron chi connectivity index (χ2n) is 8.91. The van der Waals surface area contributed by atoms with E-state index in [9.17, 15) is 9.59 Å². The number of ether oxygens (including phenoxy) is 2. The van der Waals surface area contributed by atoms with Gasteiger partial charge in [0.25, 0.3) is 5.91 Å². The van der Waals surface area contributed by atoms with E-state index in [2.05, 4.69) is 11.9 Å². The first kappa shape index (κ1) is 23.6. The molecule has 0 radical (unpaired) electrons. The van der Waals surface area contributed by atoms with E-state index in [0.29, 0.717) is 46.0 Å².